The van der Waals surface area contributed by atoms with Crippen molar-refractivity contribution in [3.05, 3.63) is 47.9 Å². The van der Waals surface area contributed by atoms with Crippen molar-refractivity contribution >= 4 is 46.1 Å². The summed E-state index contributed by atoms with van der Waals surface area (Å²) < 4.78 is 0. The highest BCUT2D eigenvalue weighted by Crippen LogP contribution is 2.32. The number of anilines is 2. The molecule has 2 amide bonds. The molecule has 0 spiro atoms. The van der Waals surface area contributed by atoms with Gasteiger partial charge in [-0.2, -0.15) is 0 Å². The number of aromatic nitrogens is 3. The molecule has 0 atom stereocenters. The van der Waals surface area contributed by atoms with E-state index < -0.39 is 11.5 Å². The van der Waals surface area contributed by atoms with Crippen LogP contribution in [0.2, 0.25) is 0 Å². The summed E-state index contributed by atoms with van der Waals surface area (Å²) in [6, 6.07) is 9.54. The average molecular weight is 479 g/mol. The maximum absolute atomic E-state index is 13.0. The third-order valence-corrected chi connectivity index (χ3v) is 7.33. The van der Waals surface area contributed by atoms with Gasteiger partial charge in [0.05, 0.1) is 33.2 Å². The van der Waals surface area contributed by atoms with Gasteiger partial charge in [-0.1, -0.05) is 6.07 Å². The summed E-state index contributed by atoms with van der Waals surface area (Å²) in [5, 5.41) is 20.2. The summed E-state index contributed by atoms with van der Waals surface area (Å²) >= 11 is 1.49. The van der Waals surface area contributed by atoms with Crippen LogP contribution in [0, 0.1) is 6.92 Å². The largest absolute Gasteiger partial charge is 0.380 e. The summed E-state index contributed by atoms with van der Waals surface area (Å²) in [7, 11) is 0. The standard InChI is InChI=1S/C24H26N6O3S/c1-14-11-26-21-17(27-14)3-2-4-18(21)29-23(32)24(33)9-7-15(8-10-24)25-12-16-5-6-19-22(28-16)30-20(31)13-34-19/h2-6,11,15,25,33H,7-10,12-13H2,1H3,(H,29,32)(H,28,30,31)/t15-,24+. The van der Waals surface area contributed by atoms with E-state index in [0.29, 0.717) is 60.5 Å². The molecule has 3 heterocycles. The van der Waals surface area contributed by atoms with Crippen LogP contribution in [-0.2, 0) is 16.1 Å². The first-order valence-electron chi connectivity index (χ1n) is 11.3. The number of amides is 2. The van der Waals surface area contributed by atoms with Gasteiger partial charge in [0, 0.05) is 18.8 Å². The van der Waals surface area contributed by atoms with Crippen LogP contribution in [0.25, 0.3) is 11.0 Å². The summed E-state index contributed by atoms with van der Waals surface area (Å²) in [5.74, 6) is 0.581. The highest BCUT2D eigenvalue weighted by Gasteiger charge is 2.40. The van der Waals surface area contributed by atoms with Crippen molar-refractivity contribution in [2.24, 2.45) is 0 Å². The molecule has 1 aromatic carbocycles. The Balaban J connectivity index is 1.17. The zero-order valence-electron chi connectivity index (χ0n) is 18.8. The molecule has 9 nitrogen and oxygen atoms in total. The maximum Gasteiger partial charge on any atom is 0.256 e. The molecule has 1 fully saturated rings. The molecule has 10 heteroatoms. The fourth-order valence-corrected chi connectivity index (χ4v) is 5.11. The number of carbonyl (C=O) groups is 2. The SMILES string of the molecule is Cc1cnc2c(NC(=O)[C@]3(O)CC[C@@H](NCc4ccc5c(n4)NC(=O)CS5)CC3)cccc2n1. The number of benzene rings is 1. The highest BCUT2D eigenvalue weighted by atomic mass is 32.2. The third kappa shape index (κ3) is 4.75. The molecule has 34 heavy (non-hydrogen) atoms. The first-order valence-corrected chi connectivity index (χ1v) is 12.3. The Morgan fingerprint density at radius 3 is 2.88 bits per heavy atom. The van der Waals surface area contributed by atoms with Crippen LogP contribution in [0.4, 0.5) is 11.5 Å². The predicted molar refractivity (Wildman–Crippen MR) is 131 cm³/mol. The van der Waals surface area contributed by atoms with Crippen LogP contribution in [0.15, 0.2) is 41.4 Å². The number of hydrogen-bond donors (Lipinski definition) is 4. The average Bonchev–Trinajstić information content (AvgIpc) is 2.83. The lowest BCUT2D eigenvalue weighted by atomic mass is 9.81. The zero-order chi connectivity index (χ0) is 23.7. The minimum Gasteiger partial charge on any atom is -0.380 e. The number of nitrogens with zero attached hydrogens (tertiary/aromatic N) is 3. The number of thioether (sulfide) groups is 1. The number of pyridine rings is 1. The van der Waals surface area contributed by atoms with Crippen LogP contribution >= 0.6 is 11.8 Å². The summed E-state index contributed by atoms with van der Waals surface area (Å²) in [6.45, 7) is 2.42. The molecule has 1 aliphatic carbocycles. The van der Waals surface area contributed by atoms with Crippen molar-refractivity contribution in [1.29, 1.82) is 0 Å². The van der Waals surface area contributed by atoms with E-state index in [2.05, 4.69) is 30.9 Å². The fourth-order valence-electron chi connectivity index (χ4n) is 4.35. The molecule has 176 valence electrons. The van der Waals surface area contributed by atoms with Gasteiger partial charge >= 0.3 is 0 Å². The van der Waals surface area contributed by atoms with E-state index in [9.17, 15) is 14.7 Å². The molecule has 0 unspecified atom stereocenters. The second-order valence-electron chi connectivity index (χ2n) is 8.81. The molecule has 1 aliphatic heterocycles. The van der Waals surface area contributed by atoms with Gasteiger partial charge in [-0.3, -0.25) is 14.6 Å². The first kappa shape index (κ1) is 22.7. The lowest BCUT2D eigenvalue weighted by Crippen LogP contribution is -2.48. The number of carbonyl (C=O) groups excluding carboxylic acids is 2. The van der Waals surface area contributed by atoms with Crippen LogP contribution < -0.4 is 16.0 Å². The van der Waals surface area contributed by atoms with Crippen molar-refractivity contribution in [3.63, 3.8) is 0 Å². The Labute approximate surface area is 201 Å². The van der Waals surface area contributed by atoms with E-state index in [0.717, 1.165) is 16.3 Å². The Morgan fingerprint density at radius 1 is 1.24 bits per heavy atom. The number of hydrogen-bond acceptors (Lipinski definition) is 8. The van der Waals surface area contributed by atoms with Crippen LogP contribution in [0.3, 0.4) is 0 Å². The maximum atomic E-state index is 13.0. The molecule has 0 saturated heterocycles. The molecule has 1 saturated carbocycles. The van der Waals surface area contributed by atoms with Gasteiger partial charge in [-0.15, -0.1) is 11.8 Å². The van der Waals surface area contributed by atoms with Gasteiger partial charge in [0.15, 0.2) is 0 Å². The van der Waals surface area contributed by atoms with Gasteiger partial charge in [0.25, 0.3) is 5.91 Å². The van der Waals surface area contributed by atoms with Crippen LogP contribution in [0.5, 0.6) is 0 Å². The normalized spacial score (nSPS) is 22.2. The molecular formula is C24H26N6O3S. The molecule has 0 bridgehead atoms. The third-order valence-electron chi connectivity index (χ3n) is 6.28. The van der Waals surface area contributed by atoms with E-state index in [1.807, 2.05) is 31.2 Å². The van der Waals surface area contributed by atoms with Crippen molar-refractivity contribution < 1.29 is 14.7 Å². The topological polar surface area (TPSA) is 129 Å². The number of fused-ring (bicyclic) bond motifs is 2. The van der Waals surface area contributed by atoms with Gasteiger partial charge in [0.1, 0.15) is 16.9 Å². The summed E-state index contributed by atoms with van der Waals surface area (Å²) in [4.78, 5) is 38.9. The first-order chi connectivity index (χ1) is 16.4. The summed E-state index contributed by atoms with van der Waals surface area (Å²) in [5.41, 5.74) is 2.07. The minimum absolute atomic E-state index is 0.0365. The number of aryl methyl sites for hydroxylation is 1. The molecule has 2 aromatic heterocycles. The van der Waals surface area contributed by atoms with Gasteiger partial charge in [-0.05, 0) is 56.9 Å². The van der Waals surface area contributed by atoms with Gasteiger partial charge < -0.3 is 21.1 Å². The monoisotopic (exact) mass is 478 g/mol. The number of para-hydroxylation sites is 1. The van der Waals surface area contributed by atoms with Gasteiger partial charge in [0.2, 0.25) is 5.91 Å². The lowest BCUT2D eigenvalue weighted by molar-refractivity contribution is -0.137. The summed E-state index contributed by atoms with van der Waals surface area (Å²) in [6.07, 6.45) is 3.70. The Morgan fingerprint density at radius 2 is 2.06 bits per heavy atom. The van der Waals surface area contributed by atoms with Crippen molar-refractivity contribution in [2.45, 2.75) is 55.7 Å². The second kappa shape index (κ2) is 9.28. The lowest BCUT2D eigenvalue weighted by Gasteiger charge is -2.35. The smallest absolute Gasteiger partial charge is 0.256 e. The van der Waals surface area contributed by atoms with Crippen molar-refractivity contribution in [2.75, 3.05) is 16.4 Å². The minimum atomic E-state index is -1.43. The molecular weight excluding hydrogens is 452 g/mol. The Bertz CT molecular complexity index is 1260. The van der Waals surface area contributed by atoms with E-state index >= 15 is 0 Å². The second-order valence-corrected chi connectivity index (χ2v) is 9.83. The van der Waals surface area contributed by atoms with Gasteiger partial charge in [-0.25, -0.2) is 9.97 Å². The molecule has 0 radical (unpaired) electrons. The zero-order valence-corrected chi connectivity index (χ0v) is 19.6. The quantitative estimate of drug-likeness (QED) is 0.441. The molecule has 5 rings (SSSR count). The Kier molecular flexibility index (Phi) is 6.20. The van der Waals surface area contributed by atoms with E-state index in [1.54, 1.807) is 12.3 Å². The number of nitrogens with one attached hydrogen (secondary N) is 3. The number of rotatable bonds is 5. The van der Waals surface area contributed by atoms with E-state index in [-0.39, 0.29) is 11.9 Å². The molecule has 2 aliphatic rings. The highest BCUT2D eigenvalue weighted by molar-refractivity contribution is 8.00. The molecule has 3 aromatic rings. The van der Waals surface area contributed by atoms with Crippen LogP contribution in [0.1, 0.15) is 37.1 Å². The Hall–Kier alpha value is -3.08. The predicted octanol–water partition coefficient (Wildman–Crippen LogP) is 2.78. The fraction of sp³-hybridized carbons (Fsp3) is 0.375. The van der Waals surface area contributed by atoms with Crippen molar-refractivity contribution in [1.82, 2.24) is 20.3 Å². The molecule has 4 N–H and O–H groups in total. The van der Waals surface area contributed by atoms with Crippen molar-refractivity contribution in [3.8, 4) is 0 Å². The number of aliphatic hydroxyl groups is 1. The van der Waals surface area contributed by atoms with Crippen LogP contribution in [-0.4, -0.2) is 49.3 Å². The van der Waals surface area contributed by atoms with E-state index in [1.165, 1.54) is 11.8 Å². The van der Waals surface area contributed by atoms with E-state index in [4.69, 9.17) is 0 Å².